The summed E-state index contributed by atoms with van der Waals surface area (Å²) in [6.07, 6.45) is 2.31. The van der Waals surface area contributed by atoms with E-state index in [1.165, 1.54) is 5.56 Å². The van der Waals surface area contributed by atoms with E-state index in [0.717, 1.165) is 34.9 Å². The van der Waals surface area contributed by atoms with Gasteiger partial charge < -0.3 is 5.32 Å². The van der Waals surface area contributed by atoms with Crippen molar-refractivity contribution in [3.05, 3.63) is 46.2 Å². The molecule has 1 saturated carbocycles. The average Bonchev–Trinajstić information content (AvgIpc) is 2.64. The van der Waals surface area contributed by atoms with Gasteiger partial charge >= 0.3 is 0 Å². The molecule has 2 aromatic rings. The lowest BCUT2D eigenvalue weighted by Crippen LogP contribution is -2.34. The van der Waals surface area contributed by atoms with E-state index >= 15 is 0 Å². The lowest BCUT2D eigenvalue weighted by Gasteiger charge is -2.37. The third-order valence-corrected chi connectivity index (χ3v) is 4.17. The van der Waals surface area contributed by atoms with E-state index in [4.69, 9.17) is 11.6 Å². The largest absolute Gasteiger partial charge is 0.379 e. The van der Waals surface area contributed by atoms with Gasteiger partial charge in [0.1, 0.15) is 0 Å². The van der Waals surface area contributed by atoms with Crippen molar-refractivity contribution in [1.29, 1.82) is 0 Å². The van der Waals surface area contributed by atoms with E-state index in [1.807, 2.05) is 19.1 Å². The number of aromatic amines is 1. The molecule has 2 N–H and O–H groups in total. The van der Waals surface area contributed by atoms with Crippen LogP contribution in [-0.2, 0) is 0 Å². The summed E-state index contributed by atoms with van der Waals surface area (Å²) < 4.78 is 0. The molecule has 0 aliphatic heterocycles. The van der Waals surface area contributed by atoms with Crippen LogP contribution in [0.3, 0.4) is 0 Å². The normalized spacial score (nSPS) is 22.1. The molecule has 100 valence electrons. The van der Waals surface area contributed by atoms with Gasteiger partial charge in [-0.15, -0.1) is 0 Å². The first-order chi connectivity index (χ1) is 9.13. The molecule has 1 fully saturated rings. The first-order valence-corrected chi connectivity index (χ1v) is 7.05. The molecule has 3 nitrogen and oxygen atoms in total. The smallest absolute Gasteiger partial charge is 0.0825 e. The molecule has 0 radical (unpaired) electrons. The molecule has 4 heteroatoms. The van der Waals surface area contributed by atoms with Crippen LogP contribution >= 0.6 is 11.6 Å². The Labute approximate surface area is 118 Å². The number of nitrogens with zero attached hydrogens (tertiary/aromatic N) is 1. The first kappa shape index (κ1) is 12.5. The minimum absolute atomic E-state index is 0.541. The topological polar surface area (TPSA) is 40.7 Å². The van der Waals surface area contributed by atoms with Crippen molar-refractivity contribution in [2.45, 2.75) is 38.6 Å². The maximum atomic E-state index is 6.04. The van der Waals surface area contributed by atoms with Gasteiger partial charge in [-0.05, 0) is 50.3 Å². The zero-order chi connectivity index (χ0) is 13.4. The summed E-state index contributed by atoms with van der Waals surface area (Å²) >= 11 is 6.04. The Morgan fingerprint density at radius 1 is 1.32 bits per heavy atom. The maximum absolute atomic E-state index is 6.04. The molecule has 1 heterocycles. The molecular formula is C15H18ClN3. The van der Waals surface area contributed by atoms with Crippen molar-refractivity contribution in [1.82, 2.24) is 10.2 Å². The zero-order valence-electron chi connectivity index (χ0n) is 11.2. The van der Waals surface area contributed by atoms with E-state index in [9.17, 15) is 0 Å². The number of hydrogen-bond donors (Lipinski definition) is 2. The highest BCUT2D eigenvalue weighted by Crippen LogP contribution is 2.39. The summed E-state index contributed by atoms with van der Waals surface area (Å²) in [4.78, 5) is 0. The highest BCUT2D eigenvalue weighted by molar-refractivity contribution is 6.30. The maximum Gasteiger partial charge on any atom is 0.0825 e. The average molecular weight is 276 g/mol. The molecule has 0 atom stereocenters. The number of benzene rings is 1. The fourth-order valence-corrected chi connectivity index (χ4v) is 2.93. The third kappa shape index (κ3) is 2.47. The monoisotopic (exact) mass is 275 g/mol. The number of aryl methyl sites for hydroxylation is 2. The van der Waals surface area contributed by atoms with E-state index in [-0.39, 0.29) is 0 Å². The number of halogens is 1. The molecule has 0 amide bonds. The van der Waals surface area contributed by atoms with Crippen molar-refractivity contribution in [3.8, 4) is 0 Å². The van der Waals surface area contributed by atoms with Crippen LogP contribution in [0.1, 0.15) is 35.7 Å². The number of aromatic nitrogens is 2. The van der Waals surface area contributed by atoms with E-state index < -0.39 is 0 Å². The van der Waals surface area contributed by atoms with Gasteiger partial charge in [0.25, 0.3) is 0 Å². The van der Waals surface area contributed by atoms with Crippen LogP contribution in [0.15, 0.2) is 24.3 Å². The highest BCUT2D eigenvalue weighted by Gasteiger charge is 2.31. The van der Waals surface area contributed by atoms with Crippen molar-refractivity contribution in [2.75, 3.05) is 5.32 Å². The number of H-pyrrole nitrogens is 1. The van der Waals surface area contributed by atoms with Gasteiger partial charge in [0.05, 0.1) is 17.1 Å². The quantitative estimate of drug-likeness (QED) is 0.888. The van der Waals surface area contributed by atoms with Crippen LogP contribution in [0, 0.1) is 13.8 Å². The van der Waals surface area contributed by atoms with E-state index in [1.54, 1.807) is 0 Å². The molecule has 1 aromatic carbocycles. The Morgan fingerprint density at radius 2 is 2.11 bits per heavy atom. The number of nitrogens with one attached hydrogen (secondary N) is 2. The molecule has 0 unspecified atom stereocenters. The summed E-state index contributed by atoms with van der Waals surface area (Å²) in [7, 11) is 0. The highest BCUT2D eigenvalue weighted by atomic mass is 35.5. The summed E-state index contributed by atoms with van der Waals surface area (Å²) in [6.45, 7) is 4.08. The number of anilines is 1. The lowest BCUT2D eigenvalue weighted by molar-refractivity contribution is 0.374. The SMILES string of the molecule is Cc1n[nH]c(C)c1NC1CC(c2cccc(Cl)c2)C1. The van der Waals surface area contributed by atoms with Crippen LogP contribution in [0.2, 0.25) is 5.02 Å². The Hall–Kier alpha value is -1.48. The minimum atomic E-state index is 0.541. The van der Waals surface area contributed by atoms with Crippen LogP contribution < -0.4 is 5.32 Å². The molecule has 3 rings (SSSR count). The summed E-state index contributed by atoms with van der Waals surface area (Å²) in [5.74, 6) is 0.628. The second-order valence-corrected chi connectivity index (χ2v) is 5.81. The third-order valence-electron chi connectivity index (χ3n) is 3.93. The zero-order valence-corrected chi connectivity index (χ0v) is 12.0. The molecule has 1 aliphatic rings. The molecule has 1 aliphatic carbocycles. The van der Waals surface area contributed by atoms with Crippen molar-refractivity contribution in [3.63, 3.8) is 0 Å². The number of rotatable bonds is 3. The van der Waals surface area contributed by atoms with Crippen molar-refractivity contribution in [2.24, 2.45) is 0 Å². The van der Waals surface area contributed by atoms with Gasteiger partial charge in [0.15, 0.2) is 0 Å². The standard InChI is InChI=1S/C15H18ClN3/c1-9-15(10(2)19-18-9)17-14-7-12(8-14)11-4-3-5-13(16)6-11/h3-6,12,14,17H,7-8H2,1-2H3,(H,18,19). The molecular weight excluding hydrogens is 258 g/mol. The van der Waals surface area contributed by atoms with Gasteiger partial charge in [-0.1, -0.05) is 23.7 Å². The fourth-order valence-electron chi connectivity index (χ4n) is 2.74. The summed E-state index contributed by atoms with van der Waals surface area (Å²) in [5, 5.41) is 11.6. The fraction of sp³-hybridized carbons (Fsp3) is 0.400. The molecule has 0 bridgehead atoms. The molecule has 1 aromatic heterocycles. The summed E-state index contributed by atoms with van der Waals surface area (Å²) in [5.41, 5.74) is 4.67. The Kier molecular flexibility index (Phi) is 3.23. The molecule has 19 heavy (non-hydrogen) atoms. The predicted octanol–water partition coefficient (Wildman–Crippen LogP) is 4.04. The van der Waals surface area contributed by atoms with E-state index in [2.05, 4.69) is 34.6 Å². The molecule has 0 spiro atoms. The van der Waals surface area contributed by atoms with Crippen LogP contribution in [0.4, 0.5) is 5.69 Å². The Bertz CT molecular complexity index is 565. The number of hydrogen-bond acceptors (Lipinski definition) is 2. The van der Waals surface area contributed by atoms with Gasteiger partial charge in [0.2, 0.25) is 0 Å². The minimum Gasteiger partial charge on any atom is -0.379 e. The van der Waals surface area contributed by atoms with Gasteiger partial charge in [-0.3, -0.25) is 5.10 Å². The Morgan fingerprint density at radius 3 is 2.74 bits per heavy atom. The van der Waals surface area contributed by atoms with Crippen LogP contribution in [-0.4, -0.2) is 16.2 Å². The van der Waals surface area contributed by atoms with Gasteiger partial charge in [0, 0.05) is 11.1 Å². The Balaban J connectivity index is 1.62. The van der Waals surface area contributed by atoms with Gasteiger partial charge in [-0.2, -0.15) is 5.10 Å². The predicted molar refractivity (Wildman–Crippen MR) is 78.9 cm³/mol. The van der Waals surface area contributed by atoms with Crippen LogP contribution in [0.25, 0.3) is 0 Å². The molecule has 0 saturated heterocycles. The lowest BCUT2D eigenvalue weighted by atomic mass is 9.76. The van der Waals surface area contributed by atoms with Gasteiger partial charge in [-0.25, -0.2) is 0 Å². The summed E-state index contributed by atoms with van der Waals surface area (Å²) in [6, 6.07) is 8.75. The van der Waals surface area contributed by atoms with Crippen LogP contribution in [0.5, 0.6) is 0 Å². The van der Waals surface area contributed by atoms with E-state index in [0.29, 0.717) is 12.0 Å². The first-order valence-electron chi connectivity index (χ1n) is 6.67. The van der Waals surface area contributed by atoms with Crippen molar-refractivity contribution >= 4 is 17.3 Å². The van der Waals surface area contributed by atoms with Crippen molar-refractivity contribution < 1.29 is 0 Å². The second kappa shape index (κ2) is 4.89. The second-order valence-electron chi connectivity index (χ2n) is 5.37.